The van der Waals surface area contributed by atoms with Gasteiger partial charge in [0.1, 0.15) is 0 Å². The van der Waals surface area contributed by atoms with E-state index in [9.17, 15) is 23.1 Å². The lowest BCUT2D eigenvalue weighted by atomic mass is 9.63. The van der Waals surface area contributed by atoms with E-state index >= 15 is 0 Å². The van der Waals surface area contributed by atoms with E-state index in [1.165, 1.54) is 0 Å². The fourth-order valence-corrected chi connectivity index (χ4v) is 3.67. The molecule has 1 fully saturated rings. The van der Waals surface area contributed by atoms with E-state index in [0.717, 1.165) is 12.0 Å². The van der Waals surface area contributed by atoms with E-state index < -0.39 is 30.8 Å². The number of rotatable bonds is 7. The van der Waals surface area contributed by atoms with Gasteiger partial charge in [0.05, 0.1) is 11.8 Å². The first-order chi connectivity index (χ1) is 13.7. The number of amides is 1. The van der Waals surface area contributed by atoms with Crippen molar-refractivity contribution in [1.29, 1.82) is 0 Å². The van der Waals surface area contributed by atoms with E-state index in [1.54, 1.807) is 48.5 Å². The lowest BCUT2D eigenvalue weighted by Crippen LogP contribution is -2.49. The highest BCUT2D eigenvalue weighted by Gasteiger charge is 2.45. The van der Waals surface area contributed by atoms with E-state index in [2.05, 4.69) is 10.6 Å². The number of hydrogen-bond donors (Lipinski definition) is 3. The summed E-state index contributed by atoms with van der Waals surface area (Å²) in [7, 11) is 0. The Hall–Kier alpha value is -2.25. The first kappa shape index (κ1) is 21.5. The van der Waals surface area contributed by atoms with Gasteiger partial charge in [0.15, 0.2) is 6.23 Å². The predicted molar refractivity (Wildman–Crippen MR) is 106 cm³/mol. The number of carbonyl (C=O) groups excluding carboxylic acids is 1. The summed E-state index contributed by atoms with van der Waals surface area (Å²) in [5.74, 6) is -0.368. The number of carbonyl (C=O) groups is 1. The topological polar surface area (TPSA) is 61.4 Å². The minimum absolute atomic E-state index is 0.368. The van der Waals surface area contributed by atoms with Gasteiger partial charge in [-0.1, -0.05) is 42.3 Å². The number of hydrogen-bond acceptors (Lipinski definition) is 3. The molecule has 1 saturated carbocycles. The van der Waals surface area contributed by atoms with E-state index in [0.29, 0.717) is 29.1 Å². The van der Waals surface area contributed by atoms with Crippen LogP contribution in [0.2, 0.25) is 5.02 Å². The Morgan fingerprint density at radius 1 is 1.17 bits per heavy atom. The van der Waals surface area contributed by atoms with Crippen LogP contribution < -0.4 is 10.6 Å². The van der Waals surface area contributed by atoms with Crippen LogP contribution >= 0.6 is 11.6 Å². The number of aliphatic hydroxyl groups excluding tert-OH is 1. The maximum Gasteiger partial charge on any atom is 0.390 e. The van der Waals surface area contributed by atoms with Crippen molar-refractivity contribution in [3.05, 3.63) is 64.7 Å². The number of benzene rings is 2. The highest BCUT2D eigenvalue weighted by molar-refractivity contribution is 6.30. The Kier molecular flexibility index (Phi) is 6.39. The van der Waals surface area contributed by atoms with Crippen molar-refractivity contribution in [2.45, 2.75) is 43.5 Å². The summed E-state index contributed by atoms with van der Waals surface area (Å²) in [6, 6.07) is 13.9. The van der Waals surface area contributed by atoms with Gasteiger partial charge in [-0.15, -0.1) is 0 Å². The third-order valence-corrected chi connectivity index (χ3v) is 5.48. The van der Waals surface area contributed by atoms with Gasteiger partial charge in [0, 0.05) is 22.8 Å². The standard InChI is InChI=1S/C21H22ClF3N2O2/c22-16-4-1-3-14(13-16)18(28)27-17-7-5-15(6-8-17)20(9-2-10-20)19(29)26-12-11-21(23,24)25/h1,3-8,13,18,27-28H,2,9-12H2,(H,26,29). The van der Waals surface area contributed by atoms with Crippen LogP contribution in [0.5, 0.6) is 0 Å². The van der Waals surface area contributed by atoms with Gasteiger partial charge in [-0.2, -0.15) is 13.2 Å². The van der Waals surface area contributed by atoms with E-state index in [4.69, 9.17) is 11.6 Å². The molecule has 1 unspecified atom stereocenters. The molecule has 0 heterocycles. The normalized spacial score (nSPS) is 16.6. The van der Waals surface area contributed by atoms with Crippen LogP contribution in [0, 0.1) is 0 Å². The summed E-state index contributed by atoms with van der Waals surface area (Å²) in [4.78, 5) is 12.6. The monoisotopic (exact) mass is 426 g/mol. The molecule has 1 amide bonds. The van der Waals surface area contributed by atoms with Crippen LogP contribution in [0.25, 0.3) is 0 Å². The lowest BCUT2D eigenvalue weighted by molar-refractivity contribution is -0.138. The molecular formula is C21H22ClF3N2O2. The Bertz CT molecular complexity index is 852. The van der Waals surface area contributed by atoms with Crippen LogP contribution in [0.3, 0.4) is 0 Å². The van der Waals surface area contributed by atoms with Crippen LogP contribution in [0.1, 0.15) is 43.0 Å². The Morgan fingerprint density at radius 2 is 1.86 bits per heavy atom. The second kappa shape index (κ2) is 8.63. The minimum atomic E-state index is -4.29. The van der Waals surface area contributed by atoms with Crippen LogP contribution in [-0.2, 0) is 10.2 Å². The highest BCUT2D eigenvalue weighted by atomic mass is 35.5. The zero-order valence-electron chi connectivity index (χ0n) is 15.6. The molecule has 0 radical (unpaired) electrons. The second-order valence-corrected chi connectivity index (χ2v) is 7.67. The van der Waals surface area contributed by atoms with E-state index in [-0.39, 0.29) is 5.91 Å². The maximum absolute atomic E-state index is 12.6. The summed E-state index contributed by atoms with van der Waals surface area (Å²) in [6.07, 6.45) is -4.25. The summed E-state index contributed by atoms with van der Waals surface area (Å²) in [5, 5.41) is 16.2. The lowest BCUT2D eigenvalue weighted by Gasteiger charge is -2.41. The van der Waals surface area contributed by atoms with Gasteiger partial charge in [0.2, 0.25) is 5.91 Å². The molecule has 1 aliphatic rings. The number of nitrogens with one attached hydrogen (secondary N) is 2. The molecule has 8 heteroatoms. The summed E-state index contributed by atoms with van der Waals surface area (Å²) in [6.45, 7) is -0.421. The molecule has 1 aliphatic carbocycles. The van der Waals surface area contributed by atoms with Crippen LogP contribution in [0.15, 0.2) is 48.5 Å². The van der Waals surface area contributed by atoms with Crippen molar-refractivity contribution in [3.63, 3.8) is 0 Å². The van der Waals surface area contributed by atoms with Gasteiger partial charge in [-0.05, 0) is 42.7 Å². The van der Waals surface area contributed by atoms with Crippen molar-refractivity contribution < 1.29 is 23.1 Å². The SMILES string of the molecule is O=C(NCCC(F)(F)F)C1(c2ccc(NC(O)c3cccc(Cl)c3)cc2)CCC1. The molecule has 0 aromatic heterocycles. The fraction of sp³-hybridized carbons (Fsp3) is 0.381. The third kappa shape index (κ3) is 5.22. The Morgan fingerprint density at radius 3 is 2.41 bits per heavy atom. The van der Waals surface area contributed by atoms with E-state index in [1.807, 2.05) is 0 Å². The molecule has 2 aromatic carbocycles. The molecule has 0 bridgehead atoms. The molecule has 0 saturated heterocycles. The zero-order chi connectivity index (χ0) is 21.1. The number of alkyl halides is 3. The quantitative estimate of drug-likeness (QED) is 0.550. The molecule has 29 heavy (non-hydrogen) atoms. The highest BCUT2D eigenvalue weighted by Crippen LogP contribution is 2.44. The largest absolute Gasteiger partial charge is 0.390 e. The average Bonchev–Trinajstić information content (AvgIpc) is 2.61. The predicted octanol–water partition coefficient (Wildman–Crippen LogP) is 4.93. The molecule has 0 aliphatic heterocycles. The van der Waals surface area contributed by atoms with Gasteiger partial charge in [0.25, 0.3) is 0 Å². The van der Waals surface area contributed by atoms with Crippen molar-refractivity contribution in [1.82, 2.24) is 5.32 Å². The average molecular weight is 427 g/mol. The summed E-state index contributed by atoms with van der Waals surface area (Å²) < 4.78 is 37.0. The molecular weight excluding hydrogens is 405 g/mol. The molecule has 1 atom stereocenters. The van der Waals surface area contributed by atoms with Gasteiger partial charge in [-0.25, -0.2) is 0 Å². The molecule has 156 valence electrons. The fourth-order valence-electron chi connectivity index (χ4n) is 3.47. The molecule has 0 spiro atoms. The smallest absolute Gasteiger partial charge is 0.369 e. The Balaban J connectivity index is 1.65. The third-order valence-electron chi connectivity index (χ3n) is 5.24. The van der Waals surface area contributed by atoms with Gasteiger partial charge in [-0.3, -0.25) is 4.79 Å². The minimum Gasteiger partial charge on any atom is -0.369 e. The summed E-state index contributed by atoms with van der Waals surface area (Å²) >= 11 is 5.94. The van der Waals surface area contributed by atoms with Crippen molar-refractivity contribution >= 4 is 23.2 Å². The molecule has 3 rings (SSSR count). The van der Waals surface area contributed by atoms with Crippen molar-refractivity contribution in [2.24, 2.45) is 0 Å². The molecule has 3 N–H and O–H groups in total. The molecule has 4 nitrogen and oxygen atoms in total. The van der Waals surface area contributed by atoms with Gasteiger partial charge >= 0.3 is 6.18 Å². The number of anilines is 1. The first-order valence-corrected chi connectivity index (χ1v) is 9.73. The van der Waals surface area contributed by atoms with Crippen LogP contribution in [-0.4, -0.2) is 23.7 Å². The first-order valence-electron chi connectivity index (χ1n) is 9.35. The maximum atomic E-state index is 12.6. The van der Waals surface area contributed by atoms with Crippen molar-refractivity contribution in [2.75, 3.05) is 11.9 Å². The Labute approximate surface area is 172 Å². The van der Waals surface area contributed by atoms with Crippen molar-refractivity contribution in [3.8, 4) is 0 Å². The second-order valence-electron chi connectivity index (χ2n) is 7.24. The number of halogens is 4. The molecule has 2 aromatic rings. The summed E-state index contributed by atoms with van der Waals surface area (Å²) in [5.41, 5.74) is 1.24. The zero-order valence-corrected chi connectivity index (χ0v) is 16.4. The van der Waals surface area contributed by atoms with Crippen LogP contribution in [0.4, 0.5) is 18.9 Å². The van der Waals surface area contributed by atoms with Gasteiger partial charge < -0.3 is 15.7 Å². The number of aliphatic hydroxyl groups is 1.